The fraction of sp³-hybridized carbons (Fsp3) is 0.462. The molecule has 0 unspecified atom stereocenters. The van der Waals surface area contributed by atoms with Crippen LogP contribution < -0.4 is 0 Å². The molecule has 0 aliphatic heterocycles. The Morgan fingerprint density at radius 1 is 1.50 bits per heavy atom. The maximum atomic E-state index is 11.1. The van der Waals surface area contributed by atoms with Crippen LogP contribution in [0.15, 0.2) is 18.2 Å². The molecule has 86 valence electrons. The summed E-state index contributed by atoms with van der Waals surface area (Å²) in [4.78, 5) is 12.5. The highest BCUT2D eigenvalue weighted by molar-refractivity contribution is 5.66. The number of fused-ring (bicyclic) bond motifs is 1. The summed E-state index contributed by atoms with van der Waals surface area (Å²) in [6.07, 6.45) is 0.115. The first-order chi connectivity index (χ1) is 7.50. The average Bonchev–Trinajstić information content (AvgIpc) is 2.52. The molecule has 0 radical (unpaired) electrons. The van der Waals surface area contributed by atoms with Crippen LogP contribution in [-0.2, 0) is 6.42 Å². The maximum Gasteiger partial charge on any atom is 0.407 e. The molecule has 1 aromatic carbocycles. The Kier molecular flexibility index (Phi) is 2.62. The summed E-state index contributed by atoms with van der Waals surface area (Å²) in [6, 6.07) is 6.33. The van der Waals surface area contributed by atoms with E-state index in [-0.39, 0.29) is 6.04 Å². The lowest BCUT2D eigenvalue weighted by Crippen LogP contribution is -2.31. The summed E-state index contributed by atoms with van der Waals surface area (Å²) < 4.78 is 0. The molecule has 0 fully saturated rings. The predicted octanol–water partition coefficient (Wildman–Crippen LogP) is 2.84. The molecule has 0 heterocycles. The first-order valence-corrected chi connectivity index (χ1v) is 5.56. The number of carboxylic acid groups (broad SMARTS) is 1. The predicted molar refractivity (Wildman–Crippen MR) is 62.6 cm³/mol. The third kappa shape index (κ3) is 1.66. The van der Waals surface area contributed by atoms with E-state index < -0.39 is 6.09 Å². The number of aryl methyl sites for hydroxylation is 1. The fourth-order valence-electron chi connectivity index (χ4n) is 2.65. The Labute approximate surface area is 95.7 Å². The van der Waals surface area contributed by atoms with Gasteiger partial charge >= 0.3 is 6.09 Å². The van der Waals surface area contributed by atoms with E-state index in [9.17, 15) is 4.79 Å². The number of hydrogen-bond donors (Lipinski definition) is 1. The Morgan fingerprint density at radius 3 is 2.81 bits per heavy atom. The third-order valence-electron chi connectivity index (χ3n) is 3.42. The van der Waals surface area contributed by atoms with Crippen molar-refractivity contribution in [3.05, 3.63) is 34.9 Å². The molecule has 0 spiro atoms. The number of rotatable bonds is 1. The van der Waals surface area contributed by atoms with Gasteiger partial charge in [0.25, 0.3) is 0 Å². The van der Waals surface area contributed by atoms with Gasteiger partial charge in [-0.25, -0.2) is 4.79 Å². The van der Waals surface area contributed by atoms with E-state index in [1.54, 1.807) is 7.05 Å². The normalized spacial score (nSPS) is 22.9. The van der Waals surface area contributed by atoms with Crippen LogP contribution in [0.4, 0.5) is 4.79 Å². The number of hydrogen-bond acceptors (Lipinski definition) is 1. The van der Waals surface area contributed by atoms with Crippen LogP contribution in [0.2, 0.25) is 0 Å². The third-order valence-corrected chi connectivity index (χ3v) is 3.42. The molecule has 0 saturated carbocycles. The Bertz CT molecular complexity index is 428. The van der Waals surface area contributed by atoms with Gasteiger partial charge < -0.3 is 10.0 Å². The lowest BCUT2D eigenvalue weighted by molar-refractivity contribution is 0.127. The van der Waals surface area contributed by atoms with Crippen molar-refractivity contribution in [2.24, 2.45) is 5.92 Å². The molecular formula is C13H17NO2. The molecule has 0 aromatic heterocycles. The Morgan fingerprint density at radius 2 is 2.19 bits per heavy atom. The van der Waals surface area contributed by atoms with Crippen LogP contribution in [0.1, 0.15) is 29.7 Å². The fourth-order valence-corrected chi connectivity index (χ4v) is 2.65. The summed E-state index contributed by atoms with van der Waals surface area (Å²) in [5, 5.41) is 9.08. The Hall–Kier alpha value is -1.51. The van der Waals surface area contributed by atoms with E-state index in [1.807, 2.05) is 6.92 Å². The molecule has 1 aliphatic carbocycles. The molecule has 1 aliphatic rings. The number of amides is 1. The van der Waals surface area contributed by atoms with E-state index in [0.29, 0.717) is 5.92 Å². The highest BCUT2D eigenvalue weighted by Gasteiger charge is 2.34. The van der Waals surface area contributed by atoms with E-state index in [4.69, 9.17) is 5.11 Å². The van der Waals surface area contributed by atoms with Gasteiger partial charge in [0.05, 0.1) is 6.04 Å². The second kappa shape index (κ2) is 3.81. The largest absolute Gasteiger partial charge is 0.465 e. The summed E-state index contributed by atoms with van der Waals surface area (Å²) in [7, 11) is 1.65. The van der Waals surface area contributed by atoms with Crippen molar-refractivity contribution >= 4 is 6.09 Å². The lowest BCUT2D eigenvalue weighted by Gasteiger charge is -2.26. The minimum atomic E-state index is -0.855. The topological polar surface area (TPSA) is 40.5 Å². The highest BCUT2D eigenvalue weighted by atomic mass is 16.4. The van der Waals surface area contributed by atoms with E-state index in [1.165, 1.54) is 21.6 Å². The van der Waals surface area contributed by atoms with Crippen LogP contribution in [0, 0.1) is 12.8 Å². The summed E-state index contributed by atoms with van der Waals surface area (Å²) in [6.45, 7) is 4.15. The van der Waals surface area contributed by atoms with Crippen molar-refractivity contribution in [3.8, 4) is 0 Å². The van der Waals surface area contributed by atoms with Crippen LogP contribution in [-0.4, -0.2) is 23.1 Å². The van der Waals surface area contributed by atoms with Crippen LogP contribution in [0.3, 0.4) is 0 Å². The zero-order valence-electron chi connectivity index (χ0n) is 9.90. The van der Waals surface area contributed by atoms with Gasteiger partial charge in [-0.05, 0) is 30.4 Å². The molecule has 16 heavy (non-hydrogen) atoms. The highest BCUT2D eigenvalue weighted by Crippen LogP contribution is 2.39. The second-order valence-corrected chi connectivity index (χ2v) is 4.72. The van der Waals surface area contributed by atoms with Crippen molar-refractivity contribution in [1.82, 2.24) is 4.90 Å². The Balaban J connectivity index is 2.42. The molecule has 3 heteroatoms. The van der Waals surface area contributed by atoms with E-state index >= 15 is 0 Å². The zero-order chi connectivity index (χ0) is 11.9. The van der Waals surface area contributed by atoms with Gasteiger partial charge in [0.2, 0.25) is 0 Å². The van der Waals surface area contributed by atoms with Crippen LogP contribution in [0.5, 0.6) is 0 Å². The van der Waals surface area contributed by atoms with Gasteiger partial charge in [0.15, 0.2) is 0 Å². The smallest absolute Gasteiger partial charge is 0.407 e. The molecule has 0 saturated heterocycles. The lowest BCUT2D eigenvalue weighted by atomic mass is 10.0. The molecule has 0 bridgehead atoms. The molecule has 2 atom stereocenters. The second-order valence-electron chi connectivity index (χ2n) is 4.72. The number of carbonyl (C=O) groups is 1. The first-order valence-electron chi connectivity index (χ1n) is 5.56. The summed E-state index contributed by atoms with van der Waals surface area (Å²) >= 11 is 0. The molecular weight excluding hydrogens is 202 g/mol. The van der Waals surface area contributed by atoms with E-state index in [2.05, 4.69) is 25.1 Å². The quantitative estimate of drug-likeness (QED) is 0.789. The van der Waals surface area contributed by atoms with Crippen molar-refractivity contribution in [2.45, 2.75) is 26.3 Å². The van der Waals surface area contributed by atoms with Crippen molar-refractivity contribution < 1.29 is 9.90 Å². The number of nitrogens with zero attached hydrogens (tertiary/aromatic N) is 1. The van der Waals surface area contributed by atoms with Crippen molar-refractivity contribution in [2.75, 3.05) is 7.05 Å². The molecule has 1 amide bonds. The minimum Gasteiger partial charge on any atom is -0.465 e. The van der Waals surface area contributed by atoms with Crippen molar-refractivity contribution in [1.29, 1.82) is 0 Å². The zero-order valence-corrected chi connectivity index (χ0v) is 9.90. The summed E-state index contributed by atoms with van der Waals surface area (Å²) in [5.41, 5.74) is 3.66. The van der Waals surface area contributed by atoms with Gasteiger partial charge in [0.1, 0.15) is 0 Å². The van der Waals surface area contributed by atoms with Gasteiger partial charge in [-0.1, -0.05) is 30.7 Å². The minimum absolute atomic E-state index is 0.00685. The van der Waals surface area contributed by atoms with Gasteiger partial charge in [0, 0.05) is 7.05 Å². The molecule has 1 aromatic rings. The van der Waals surface area contributed by atoms with Gasteiger partial charge in [-0.2, -0.15) is 0 Å². The van der Waals surface area contributed by atoms with Gasteiger partial charge in [-0.3, -0.25) is 0 Å². The monoisotopic (exact) mass is 219 g/mol. The van der Waals surface area contributed by atoms with Crippen LogP contribution in [0.25, 0.3) is 0 Å². The molecule has 2 rings (SSSR count). The average molecular weight is 219 g/mol. The molecule has 1 N–H and O–H groups in total. The first kappa shape index (κ1) is 11.0. The summed E-state index contributed by atoms with van der Waals surface area (Å²) in [5.74, 6) is 0.359. The van der Waals surface area contributed by atoms with Crippen LogP contribution >= 0.6 is 0 Å². The number of benzene rings is 1. The molecule has 3 nitrogen and oxygen atoms in total. The van der Waals surface area contributed by atoms with Crippen molar-refractivity contribution in [3.63, 3.8) is 0 Å². The van der Waals surface area contributed by atoms with E-state index in [0.717, 1.165) is 6.42 Å². The SMILES string of the molecule is Cc1ccc2c(c1)[C@H](N(C)C(=O)O)[C@@H](C)C2. The van der Waals surface area contributed by atoms with Gasteiger partial charge in [-0.15, -0.1) is 0 Å². The maximum absolute atomic E-state index is 11.1. The standard InChI is InChI=1S/C13H17NO2/c1-8-4-5-10-7-9(2)12(11(10)6-8)14(3)13(15)16/h4-6,9,12H,7H2,1-3H3,(H,15,16)/t9-,12+/m0/s1.